The van der Waals surface area contributed by atoms with E-state index in [1.807, 2.05) is 60.7 Å². The SMILES string of the molecule is CCCCc1nc2c(N)nc3ccccc3c2n1CCCCN=C(NCCOCCOCCOCCOCCOCCOCCOCCOCCOCCOCCC(=O)Oc1c(F)c(F)cc(F)c1F)Nc1cccc(C#N)c1.CCCCc1nc2c(N)nc3ccccc3c2n1CCCCN=C(NCCOCCOCCOCCOCCOCCOCCOCCOCCOCCOCCC(C)=O)Nc1cccc(C#N)c1. The van der Waals surface area contributed by atoms with Crippen molar-refractivity contribution in [2.75, 3.05) is 313 Å². The molecular formula is C105H150F4N16O23. The molecule has 0 radical (unpaired) electrons. The van der Waals surface area contributed by atoms with Gasteiger partial charge in [-0.15, -0.1) is 0 Å². The number of nitrogens with zero attached hydrogens (tertiary/aromatic N) is 10. The van der Waals surface area contributed by atoms with Crippen molar-refractivity contribution in [3.63, 3.8) is 0 Å². The number of guanidine groups is 2. The number of ether oxygens (including phenoxy) is 21. The van der Waals surface area contributed by atoms with E-state index in [-0.39, 0.29) is 38.3 Å². The van der Waals surface area contributed by atoms with E-state index in [4.69, 9.17) is 126 Å². The van der Waals surface area contributed by atoms with Gasteiger partial charge < -0.3 is 141 Å². The van der Waals surface area contributed by atoms with Gasteiger partial charge >= 0.3 is 5.97 Å². The first-order chi connectivity index (χ1) is 72.7. The van der Waals surface area contributed by atoms with E-state index in [0.29, 0.717) is 305 Å². The fourth-order valence-corrected chi connectivity index (χ4v) is 14.2. The lowest BCUT2D eigenvalue weighted by Crippen LogP contribution is -2.34. The maximum absolute atomic E-state index is 13.6. The second-order valence-electron chi connectivity index (χ2n) is 33.1. The molecule has 0 aliphatic rings. The van der Waals surface area contributed by atoms with Crippen LogP contribution in [0.1, 0.15) is 108 Å². The molecule has 816 valence electrons. The molecule has 9 aromatic rings. The third kappa shape index (κ3) is 50.6. The number of ketones is 1. The summed E-state index contributed by atoms with van der Waals surface area (Å²) in [5.41, 5.74) is 20.8. The molecule has 0 amide bonds. The van der Waals surface area contributed by atoms with E-state index in [9.17, 15) is 37.7 Å². The van der Waals surface area contributed by atoms with Gasteiger partial charge in [-0.05, 0) is 94.0 Å². The summed E-state index contributed by atoms with van der Waals surface area (Å²) in [5.74, 6) is -5.20. The van der Waals surface area contributed by atoms with Crippen LogP contribution in [0.2, 0.25) is 0 Å². The molecule has 0 aliphatic carbocycles. The molecule has 148 heavy (non-hydrogen) atoms. The molecule has 0 fully saturated rings. The van der Waals surface area contributed by atoms with E-state index in [0.717, 1.165) is 144 Å². The predicted octanol–water partition coefficient (Wildman–Crippen LogP) is 12.3. The Morgan fingerprint density at radius 1 is 0.365 bits per heavy atom. The van der Waals surface area contributed by atoms with Crippen LogP contribution in [-0.2, 0) is 130 Å². The number of rotatable bonds is 85. The van der Waals surface area contributed by atoms with Gasteiger partial charge in [0, 0.05) is 86.7 Å². The van der Waals surface area contributed by atoms with Gasteiger partial charge in [0.15, 0.2) is 35.2 Å². The minimum Gasteiger partial charge on any atom is -0.420 e. The van der Waals surface area contributed by atoms with Crippen LogP contribution in [0.4, 0.5) is 40.6 Å². The number of carbonyl (C=O) groups excluding carboxylic acids is 2. The maximum atomic E-state index is 13.6. The monoisotopic (exact) mass is 2080 g/mol. The summed E-state index contributed by atoms with van der Waals surface area (Å²) in [6.07, 6.45) is 9.50. The topological polar surface area (TPSA) is 462 Å². The molecule has 0 saturated carbocycles. The Bertz CT molecular complexity index is 5310. The van der Waals surface area contributed by atoms with E-state index in [1.54, 1.807) is 31.2 Å². The fourth-order valence-electron chi connectivity index (χ4n) is 14.2. The standard InChI is InChI=1S/C55H74F4N8O12.C50H76N8O11/c1-2-3-13-47-66-51-52(43-11-4-5-12-46(43)65-54(51)61)67(47)17-7-6-15-62-55(64-42-10-8-9-41(38-42)40-60)63-16-19-70-21-23-72-25-27-74-29-31-76-33-35-78-37-36-77-34-32-75-30-28-73-26-24-71-22-20-69-18-14-48(68)79-53-49(58)44(56)39-45(57)50(53)59;1-3-4-14-46-57-47-48(44-12-5-6-13-45(44)56-49(47)52)58(46)18-8-7-16-53-50(55-43-11-9-10-42(39-43)40-51)54-17-20-61-22-24-63-26-28-65-30-32-67-34-36-69-38-37-68-35-33-66-31-29-64-27-25-62-23-21-60-19-15-41(2)59/h4-5,8-12,38-39H,2-3,6-7,13-37H2,1H3,(H2,61,65)(H2,62,63,64);5-6,9-13,39H,3-4,7-8,14-38H2,1-2H3,(H2,52,56)(H2,53,54,55). The lowest BCUT2D eigenvalue weighted by molar-refractivity contribution is -0.136. The van der Waals surface area contributed by atoms with Crippen LogP contribution in [-0.4, -0.2) is 343 Å². The molecule has 43 heteroatoms. The molecule has 4 heterocycles. The quantitative estimate of drug-likeness (QED) is 0.00392. The maximum Gasteiger partial charge on any atom is 0.313 e. The number of halogens is 4. The van der Waals surface area contributed by atoms with Crippen molar-refractivity contribution in [2.45, 2.75) is 111 Å². The molecular weight excluding hydrogens is 1930 g/mol. The van der Waals surface area contributed by atoms with Gasteiger partial charge in [-0.1, -0.05) is 75.2 Å². The van der Waals surface area contributed by atoms with Gasteiger partial charge in [0.25, 0.3) is 0 Å². The Morgan fingerprint density at radius 2 is 0.662 bits per heavy atom. The number of Topliss-reactive ketones (excluding diaryl/α,β-unsaturated/α-hetero) is 1. The van der Waals surface area contributed by atoms with Crippen LogP contribution >= 0.6 is 0 Å². The summed E-state index contributed by atoms with van der Waals surface area (Å²) >= 11 is 0. The number of para-hydroxylation sites is 2. The summed E-state index contributed by atoms with van der Waals surface area (Å²) in [6, 6.07) is 35.1. The highest BCUT2D eigenvalue weighted by molar-refractivity contribution is 6.07. The zero-order chi connectivity index (χ0) is 105. The normalized spacial score (nSPS) is 11.7. The van der Waals surface area contributed by atoms with Crippen LogP contribution in [0, 0.1) is 45.9 Å². The lowest BCUT2D eigenvalue weighted by Gasteiger charge is -2.14. The second kappa shape index (κ2) is 78.3. The Kier molecular flexibility index (Phi) is 64.6. The van der Waals surface area contributed by atoms with Crippen molar-refractivity contribution < 1.29 is 127 Å². The summed E-state index contributed by atoms with van der Waals surface area (Å²) in [4.78, 5) is 51.4. The van der Waals surface area contributed by atoms with E-state index in [2.05, 4.69) is 83.2 Å². The lowest BCUT2D eigenvalue weighted by atomic mass is 10.2. The number of nitrogens with two attached hydrogens (primary N) is 2. The number of hydrogen-bond acceptors (Lipinski definition) is 33. The number of aromatic nitrogens is 6. The average Bonchev–Trinajstić information content (AvgIpc) is 1.60. The number of pyridine rings is 2. The van der Waals surface area contributed by atoms with Gasteiger partial charge in [0.2, 0.25) is 17.4 Å². The van der Waals surface area contributed by atoms with Crippen LogP contribution in [0.3, 0.4) is 0 Å². The zero-order valence-corrected chi connectivity index (χ0v) is 85.9. The van der Waals surface area contributed by atoms with Crippen molar-refractivity contribution >= 4 is 90.6 Å². The van der Waals surface area contributed by atoms with Crippen LogP contribution in [0.5, 0.6) is 5.75 Å². The molecule has 0 unspecified atom stereocenters. The third-order valence-corrected chi connectivity index (χ3v) is 21.6. The second-order valence-corrected chi connectivity index (χ2v) is 33.1. The number of aryl methyl sites for hydroxylation is 4. The number of esters is 1. The number of benzene rings is 5. The zero-order valence-electron chi connectivity index (χ0n) is 85.9. The number of hydrogen-bond donors (Lipinski definition) is 6. The molecule has 8 N–H and O–H groups in total. The van der Waals surface area contributed by atoms with Gasteiger partial charge in [0.1, 0.15) is 28.5 Å². The van der Waals surface area contributed by atoms with Crippen molar-refractivity contribution in [3.05, 3.63) is 149 Å². The number of aliphatic imine (C=N–C) groups is 2. The Hall–Kier alpha value is -11.0. The first-order valence-electron chi connectivity index (χ1n) is 50.9. The van der Waals surface area contributed by atoms with Gasteiger partial charge in [-0.3, -0.25) is 19.6 Å². The molecule has 0 atom stereocenters. The molecule has 4 aromatic heterocycles. The van der Waals surface area contributed by atoms with Gasteiger partial charge in [0.05, 0.1) is 316 Å². The molecule has 5 aromatic carbocycles. The molecule has 0 aliphatic heterocycles. The van der Waals surface area contributed by atoms with Crippen molar-refractivity contribution in [1.82, 2.24) is 39.7 Å². The van der Waals surface area contributed by atoms with Crippen LogP contribution in [0.15, 0.2) is 113 Å². The van der Waals surface area contributed by atoms with Crippen molar-refractivity contribution in [1.29, 1.82) is 10.5 Å². The third-order valence-electron chi connectivity index (χ3n) is 21.6. The van der Waals surface area contributed by atoms with Gasteiger partial charge in [-0.2, -0.15) is 19.3 Å². The smallest absolute Gasteiger partial charge is 0.313 e. The first-order valence-corrected chi connectivity index (χ1v) is 50.9. The highest BCUT2D eigenvalue weighted by atomic mass is 19.2. The van der Waals surface area contributed by atoms with Crippen molar-refractivity contribution in [3.8, 4) is 17.9 Å². The number of fused-ring (bicyclic) bond motifs is 6. The van der Waals surface area contributed by atoms with E-state index >= 15 is 0 Å². The van der Waals surface area contributed by atoms with Crippen LogP contribution in [0.25, 0.3) is 43.9 Å². The first kappa shape index (κ1) is 122. The predicted molar refractivity (Wildman–Crippen MR) is 553 cm³/mol. The minimum atomic E-state index is -1.80. The number of nitrogen functional groups attached to an aromatic ring is 2. The fraction of sp³-hybridized carbons (Fsp3) is 0.581. The van der Waals surface area contributed by atoms with E-state index < -0.39 is 41.4 Å². The largest absolute Gasteiger partial charge is 0.420 e. The Morgan fingerprint density at radius 3 is 0.966 bits per heavy atom. The molecule has 0 spiro atoms. The molecule has 0 bridgehead atoms. The number of nitrogens with one attached hydrogen (secondary N) is 4. The summed E-state index contributed by atoms with van der Waals surface area (Å²) in [7, 11) is 0. The summed E-state index contributed by atoms with van der Waals surface area (Å²) in [5, 5.41) is 34.3. The highest BCUT2D eigenvalue weighted by Crippen LogP contribution is 2.33. The summed E-state index contributed by atoms with van der Waals surface area (Å²) < 4.78 is 173. The molecule has 39 nitrogen and oxygen atoms in total. The number of carbonyl (C=O) groups is 2. The van der Waals surface area contributed by atoms with Crippen LogP contribution < -0.4 is 37.5 Å². The number of imidazole rings is 2. The number of unbranched alkanes of at least 4 members (excludes halogenated alkanes) is 4. The average molecular weight is 2080 g/mol. The van der Waals surface area contributed by atoms with Crippen molar-refractivity contribution in [2.24, 2.45) is 9.98 Å². The number of anilines is 4. The van der Waals surface area contributed by atoms with Gasteiger partial charge in [-0.25, -0.2) is 28.7 Å². The Balaban J connectivity index is 0.000000364. The highest BCUT2D eigenvalue weighted by Gasteiger charge is 2.25. The molecule has 9 rings (SSSR count). The minimum absolute atomic E-state index is 0.0174. The summed E-state index contributed by atoms with van der Waals surface area (Å²) in [6.45, 7) is 26.2. The molecule has 0 saturated heterocycles. The Labute approximate surface area is 863 Å². The number of nitriles is 2. The van der Waals surface area contributed by atoms with E-state index in [1.165, 1.54) is 0 Å².